The van der Waals surface area contributed by atoms with E-state index in [4.69, 9.17) is 0 Å². The third-order valence-corrected chi connectivity index (χ3v) is 6.15. The molecule has 1 aliphatic carbocycles. The fourth-order valence-corrected chi connectivity index (χ4v) is 4.31. The second kappa shape index (κ2) is 9.91. The molecule has 2 amide bonds. The Kier molecular flexibility index (Phi) is 7.31. The van der Waals surface area contributed by atoms with Crippen LogP contribution < -0.4 is 5.32 Å². The van der Waals surface area contributed by atoms with Crippen LogP contribution in [0.5, 0.6) is 0 Å². The van der Waals surface area contributed by atoms with E-state index in [9.17, 15) is 9.59 Å². The van der Waals surface area contributed by atoms with Crippen molar-refractivity contribution in [2.75, 3.05) is 13.1 Å². The largest absolute Gasteiger partial charge is 0.353 e. The Morgan fingerprint density at radius 3 is 2.33 bits per heavy atom. The average molecular weight is 371 g/mol. The highest BCUT2D eigenvalue weighted by Gasteiger charge is 2.27. The zero-order chi connectivity index (χ0) is 19.1. The van der Waals surface area contributed by atoms with Gasteiger partial charge in [-0.25, -0.2) is 0 Å². The summed E-state index contributed by atoms with van der Waals surface area (Å²) in [6.45, 7) is 3.65. The molecular formula is C23H34N2O2. The lowest BCUT2D eigenvalue weighted by molar-refractivity contribution is -0.132. The number of aryl methyl sites for hydroxylation is 2. The van der Waals surface area contributed by atoms with Gasteiger partial charge in [-0.2, -0.15) is 0 Å². The molecular weight excluding hydrogens is 336 g/mol. The van der Waals surface area contributed by atoms with Crippen molar-refractivity contribution in [3.63, 3.8) is 0 Å². The Labute approximate surface area is 163 Å². The summed E-state index contributed by atoms with van der Waals surface area (Å²) in [5.74, 6) is 0.733. The summed E-state index contributed by atoms with van der Waals surface area (Å²) in [6.07, 6.45) is 10.0. The van der Waals surface area contributed by atoms with Crippen LogP contribution in [0.1, 0.15) is 68.9 Å². The summed E-state index contributed by atoms with van der Waals surface area (Å²) in [7, 11) is 0. The van der Waals surface area contributed by atoms with Crippen LogP contribution in [0.4, 0.5) is 0 Å². The van der Waals surface area contributed by atoms with Crippen LogP contribution in [0.2, 0.25) is 0 Å². The Balaban J connectivity index is 1.33. The number of amides is 2. The molecule has 4 nitrogen and oxygen atoms in total. The molecule has 0 atom stereocenters. The highest BCUT2D eigenvalue weighted by molar-refractivity contribution is 5.79. The molecule has 2 aliphatic rings. The van der Waals surface area contributed by atoms with Crippen molar-refractivity contribution >= 4 is 11.8 Å². The quantitative estimate of drug-likeness (QED) is 0.823. The van der Waals surface area contributed by atoms with Crippen molar-refractivity contribution in [2.24, 2.45) is 5.92 Å². The van der Waals surface area contributed by atoms with Crippen molar-refractivity contribution in [1.29, 1.82) is 0 Å². The number of benzene rings is 1. The average Bonchev–Trinajstić information content (AvgIpc) is 2.70. The minimum atomic E-state index is 0.222. The SMILES string of the molecule is Cc1ccc(CCCC(=O)N2CCC(NC(=O)C3CCCCC3)CC2)cc1. The molecule has 0 spiro atoms. The van der Waals surface area contributed by atoms with Gasteiger partial charge in [-0.1, -0.05) is 49.1 Å². The summed E-state index contributed by atoms with van der Waals surface area (Å²) < 4.78 is 0. The van der Waals surface area contributed by atoms with Crippen LogP contribution in [-0.2, 0) is 16.0 Å². The van der Waals surface area contributed by atoms with E-state index in [2.05, 4.69) is 36.5 Å². The summed E-state index contributed by atoms with van der Waals surface area (Å²) in [5, 5.41) is 3.24. The number of carbonyl (C=O) groups is 2. The number of carbonyl (C=O) groups excluding carboxylic acids is 2. The number of hydrogen-bond acceptors (Lipinski definition) is 2. The van der Waals surface area contributed by atoms with E-state index in [-0.39, 0.29) is 23.8 Å². The van der Waals surface area contributed by atoms with Gasteiger partial charge in [0.15, 0.2) is 0 Å². The van der Waals surface area contributed by atoms with Gasteiger partial charge in [-0.15, -0.1) is 0 Å². The Hall–Kier alpha value is -1.84. The van der Waals surface area contributed by atoms with Gasteiger partial charge >= 0.3 is 0 Å². The molecule has 148 valence electrons. The van der Waals surface area contributed by atoms with Crippen molar-refractivity contribution in [2.45, 2.75) is 77.2 Å². The van der Waals surface area contributed by atoms with Gasteiger partial charge in [0.1, 0.15) is 0 Å². The lowest BCUT2D eigenvalue weighted by Crippen LogP contribution is -2.48. The Morgan fingerprint density at radius 2 is 1.67 bits per heavy atom. The van der Waals surface area contributed by atoms with Gasteiger partial charge in [0.25, 0.3) is 0 Å². The maximum Gasteiger partial charge on any atom is 0.223 e. The zero-order valence-electron chi connectivity index (χ0n) is 16.7. The molecule has 0 aromatic heterocycles. The van der Waals surface area contributed by atoms with Gasteiger partial charge in [0.05, 0.1) is 0 Å². The standard InChI is InChI=1S/C23H34N2O2/c1-18-10-12-19(13-11-18)6-5-9-22(26)25-16-14-21(15-17-25)24-23(27)20-7-3-2-4-8-20/h10-13,20-21H,2-9,14-17H2,1H3,(H,24,27). The molecule has 1 N–H and O–H groups in total. The third kappa shape index (κ3) is 6.08. The van der Waals surface area contributed by atoms with E-state index in [0.717, 1.165) is 51.6 Å². The van der Waals surface area contributed by atoms with Gasteiger partial charge < -0.3 is 10.2 Å². The predicted molar refractivity (Wildman–Crippen MR) is 108 cm³/mol. The van der Waals surface area contributed by atoms with E-state index >= 15 is 0 Å². The minimum Gasteiger partial charge on any atom is -0.353 e. The second-order valence-electron chi connectivity index (χ2n) is 8.34. The van der Waals surface area contributed by atoms with Crippen LogP contribution in [-0.4, -0.2) is 35.8 Å². The molecule has 1 saturated carbocycles. The second-order valence-corrected chi connectivity index (χ2v) is 8.34. The van der Waals surface area contributed by atoms with E-state index in [1.165, 1.54) is 30.4 Å². The first-order valence-corrected chi connectivity index (χ1v) is 10.8. The molecule has 1 heterocycles. The summed E-state index contributed by atoms with van der Waals surface area (Å²) in [6, 6.07) is 8.81. The smallest absolute Gasteiger partial charge is 0.223 e. The highest BCUT2D eigenvalue weighted by Crippen LogP contribution is 2.24. The molecule has 1 saturated heterocycles. The number of piperidine rings is 1. The Bertz CT molecular complexity index is 612. The van der Waals surface area contributed by atoms with Crippen molar-refractivity contribution in [3.05, 3.63) is 35.4 Å². The van der Waals surface area contributed by atoms with E-state index in [0.29, 0.717) is 6.42 Å². The molecule has 1 aliphatic heterocycles. The molecule has 2 fully saturated rings. The summed E-state index contributed by atoms with van der Waals surface area (Å²) >= 11 is 0. The number of hydrogen-bond donors (Lipinski definition) is 1. The first-order valence-electron chi connectivity index (χ1n) is 10.8. The van der Waals surface area contributed by atoms with Gasteiger partial charge in [0.2, 0.25) is 11.8 Å². The fraction of sp³-hybridized carbons (Fsp3) is 0.652. The zero-order valence-corrected chi connectivity index (χ0v) is 16.7. The topological polar surface area (TPSA) is 49.4 Å². The van der Waals surface area contributed by atoms with Crippen LogP contribution in [0.25, 0.3) is 0 Å². The van der Waals surface area contributed by atoms with Crippen molar-refractivity contribution in [3.8, 4) is 0 Å². The number of nitrogens with zero attached hydrogens (tertiary/aromatic N) is 1. The van der Waals surface area contributed by atoms with Crippen molar-refractivity contribution in [1.82, 2.24) is 10.2 Å². The van der Waals surface area contributed by atoms with Crippen molar-refractivity contribution < 1.29 is 9.59 Å². The molecule has 1 aromatic carbocycles. The minimum absolute atomic E-state index is 0.222. The third-order valence-electron chi connectivity index (χ3n) is 6.15. The van der Waals surface area contributed by atoms with Crippen LogP contribution in [0.15, 0.2) is 24.3 Å². The molecule has 4 heteroatoms. The number of rotatable bonds is 6. The molecule has 27 heavy (non-hydrogen) atoms. The lowest BCUT2D eigenvalue weighted by Gasteiger charge is -2.33. The van der Waals surface area contributed by atoms with Gasteiger partial charge in [-0.3, -0.25) is 9.59 Å². The van der Waals surface area contributed by atoms with E-state index < -0.39 is 0 Å². The first-order chi connectivity index (χ1) is 13.1. The normalized spacial score (nSPS) is 19.1. The highest BCUT2D eigenvalue weighted by atomic mass is 16.2. The maximum atomic E-state index is 12.5. The lowest BCUT2D eigenvalue weighted by atomic mass is 9.88. The van der Waals surface area contributed by atoms with E-state index in [1.807, 2.05) is 4.90 Å². The monoisotopic (exact) mass is 370 g/mol. The molecule has 0 bridgehead atoms. The maximum absolute atomic E-state index is 12.5. The molecule has 0 unspecified atom stereocenters. The molecule has 0 radical (unpaired) electrons. The summed E-state index contributed by atoms with van der Waals surface area (Å²) in [5.41, 5.74) is 2.57. The van der Waals surface area contributed by atoms with Crippen LogP contribution in [0, 0.1) is 12.8 Å². The van der Waals surface area contributed by atoms with Gasteiger partial charge in [-0.05, 0) is 51.0 Å². The molecule has 1 aromatic rings. The first kappa shape index (κ1) is 19.9. The van der Waals surface area contributed by atoms with Crippen LogP contribution >= 0.6 is 0 Å². The Morgan fingerprint density at radius 1 is 1.00 bits per heavy atom. The fourth-order valence-electron chi connectivity index (χ4n) is 4.31. The molecule has 3 rings (SSSR count). The predicted octanol–water partition coefficient (Wildman–Crippen LogP) is 4.01. The van der Waals surface area contributed by atoms with E-state index in [1.54, 1.807) is 0 Å². The summed E-state index contributed by atoms with van der Waals surface area (Å²) in [4.78, 5) is 26.8. The van der Waals surface area contributed by atoms with Gasteiger partial charge in [0, 0.05) is 31.5 Å². The number of nitrogens with one attached hydrogen (secondary N) is 1. The van der Waals surface area contributed by atoms with Crippen LogP contribution in [0.3, 0.4) is 0 Å². The number of likely N-dealkylation sites (tertiary alicyclic amines) is 1.